The molecule has 4 rings (SSSR count). The van der Waals surface area contributed by atoms with Crippen molar-refractivity contribution in [1.29, 1.82) is 0 Å². The summed E-state index contributed by atoms with van der Waals surface area (Å²) in [7, 11) is 1.37. The van der Waals surface area contributed by atoms with E-state index in [4.69, 9.17) is 18.9 Å². The third-order valence-electron chi connectivity index (χ3n) is 5.29. The fourth-order valence-corrected chi connectivity index (χ4v) is 3.76. The zero-order valence-electron chi connectivity index (χ0n) is 18.3. The van der Waals surface area contributed by atoms with Crippen molar-refractivity contribution in [1.82, 2.24) is 0 Å². The zero-order chi connectivity index (χ0) is 22.3. The minimum absolute atomic E-state index is 0.363. The van der Waals surface area contributed by atoms with Gasteiger partial charge in [0.1, 0.15) is 12.4 Å². The number of esters is 1. The summed E-state index contributed by atoms with van der Waals surface area (Å²) in [5, 5.41) is 0. The Morgan fingerprint density at radius 1 is 0.938 bits per heavy atom. The number of anilines is 2. The number of benzene rings is 3. The second-order valence-corrected chi connectivity index (χ2v) is 7.35. The molecule has 166 valence electrons. The lowest BCUT2D eigenvalue weighted by atomic mass is 10.1. The van der Waals surface area contributed by atoms with E-state index in [1.165, 1.54) is 7.11 Å². The first-order valence-corrected chi connectivity index (χ1v) is 10.7. The van der Waals surface area contributed by atoms with Crippen molar-refractivity contribution in [2.24, 2.45) is 0 Å². The van der Waals surface area contributed by atoms with E-state index in [0.29, 0.717) is 26.2 Å². The third-order valence-corrected chi connectivity index (χ3v) is 5.29. The van der Waals surface area contributed by atoms with Gasteiger partial charge in [0.15, 0.2) is 17.6 Å². The molecule has 0 bridgehead atoms. The molecule has 0 unspecified atom stereocenters. The molecule has 0 aromatic heterocycles. The van der Waals surface area contributed by atoms with Crippen LogP contribution < -0.4 is 14.4 Å². The summed E-state index contributed by atoms with van der Waals surface area (Å²) in [4.78, 5) is 14.1. The standard InChI is InChI=1S/C26H27NO5/c1-3-30-25(26(28)29-2)18-19-12-14-20(15-13-19)31-17-16-27-21-8-4-6-10-23(21)32-24-11-7-5-9-22(24)27/h4-15,25H,3,16-18H2,1-2H3/t25-/m1/s1. The van der Waals surface area contributed by atoms with Crippen LogP contribution in [0.2, 0.25) is 0 Å². The summed E-state index contributed by atoms with van der Waals surface area (Å²) in [6.07, 6.45) is -0.138. The topological polar surface area (TPSA) is 57.2 Å². The number of hydrogen-bond donors (Lipinski definition) is 0. The lowest BCUT2D eigenvalue weighted by Gasteiger charge is -2.32. The molecule has 0 spiro atoms. The monoisotopic (exact) mass is 433 g/mol. The second kappa shape index (κ2) is 10.2. The fraction of sp³-hybridized carbons (Fsp3) is 0.269. The number of fused-ring (bicyclic) bond motifs is 2. The highest BCUT2D eigenvalue weighted by molar-refractivity contribution is 5.77. The fourth-order valence-electron chi connectivity index (χ4n) is 3.76. The van der Waals surface area contributed by atoms with E-state index in [-0.39, 0.29) is 5.97 Å². The Balaban J connectivity index is 1.39. The van der Waals surface area contributed by atoms with E-state index in [0.717, 1.165) is 34.2 Å². The van der Waals surface area contributed by atoms with E-state index in [2.05, 4.69) is 17.0 Å². The summed E-state index contributed by atoms with van der Waals surface area (Å²) in [6, 6.07) is 23.7. The van der Waals surface area contributed by atoms with Gasteiger partial charge in [0.2, 0.25) is 0 Å². The van der Waals surface area contributed by atoms with Crippen LogP contribution in [0.15, 0.2) is 72.8 Å². The molecule has 1 heterocycles. The molecule has 6 heteroatoms. The number of carbonyl (C=O) groups excluding carboxylic acids is 1. The van der Waals surface area contributed by atoms with E-state index in [9.17, 15) is 4.79 Å². The van der Waals surface area contributed by atoms with Gasteiger partial charge in [0.25, 0.3) is 0 Å². The van der Waals surface area contributed by atoms with Crippen LogP contribution in [0.4, 0.5) is 11.4 Å². The van der Waals surface area contributed by atoms with Gasteiger partial charge in [-0.3, -0.25) is 0 Å². The van der Waals surface area contributed by atoms with Crippen LogP contribution in [0, 0.1) is 0 Å². The molecule has 3 aromatic carbocycles. The van der Waals surface area contributed by atoms with Crippen LogP contribution in [0.3, 0.4) is 0 Å². The van der Waals surface area contributed by atoms with Crippen molar-refractivity contribution in [2.45, 2.75) is 19.4 Å². The lowest BCUT2D eigenvalue weighted by molar-refractivity contribution is -0.153. The first kappa shape index (κ1) is 21.7. The van der Waals surface area contributed by atoms with E-state index in [1.807, 2.05) is 67.6 Å². The highest BCUT2D eigenvalue weighted by Gasteiger charge is 2.23. The van der Waals surface area contributed by atoms with Crippen LogP contribution in [-0.4, -0.2) is 38.9 Å². The number of nitrogens with zero attached hydrogens (tertiary/aromatic N) is 1. The number of carbonyl (C=O) groups is 1. The van der Waals surface area contributed by atoms with Crippen molar-refractivity contribution in [3.63, 3.8) is 0 Å². The molecule has 0 fully saturated rings. The summed E-state index contributed by atoms with van der Waals surface area (Å²) < 4.78 is 22.4. The SMILES string of the molecule is CCO[C@H](Cc1ccc(OCCN2c3ccccc3Oc3ccccc32)cc1)C(=O)OC. The zero-order valence-corrected chi connectivity index (χ0v) is 18.3. The number of ether oxygens (including phenoxy) is 4. The van der Waals surface area contributed by atoms with Gasteiger partial charge in [0.05, 0.1) is 25.0 Å². The smallest absolute Gasteiger partial charge is 0.335 e. The van der Waals surface area contributed by atoms with Crippen LogP contribution >= 0.6 is 0 Å². The molecule has 0 N–H and O–H groups in total. The van der Waals surface area contributed by atoms with Crippen LogP contribution in [0.1, 0.15) is 12.5 Å². The van der Waals surface area contributed by atoms with E-state index >= 15 is 0 Å². The average Bonchev–Trinajstić information content (AvgIpc) is 2.83. The van der Waals surface area contributed by atoms with E-state index in [1.54, 1.807) is 0 Å². The predicted octanol–water partition coefficient (Wildman–Crippen LogP) is 5.13. The van der Waals surface area contributed by atoms with Gasteiger partial charge < -0.3 is 23.8 Å². The molecule has 0 saturated carbocycles. The van der Waals surface area contributed by atoms with Crippen LogP contribution in [0.5, 0.6) is 17.2 Å². The quantitative estimate of drug-likeness (QED) is 0.436. The van der Waals surface area contributed by atoms with Crippen molar-refractivity contribution in [3.05, 3.63) is 78.4 Å². The largest absolute Gasteiger partial charge is 0.492 e. The van der Waals surface area contributed by atoms with Crippen LogP contribution in [-0.2, 0) is 20.7 Å². The summed E-state index contributed by atoms with van der Waals surface area (Å²) in [5.41, 5.74) is 3.03. The Morgan fingerprint density at radius 3 is 2.16 bits per heavy atom. The molecule has 6 nitrogen and oxygen atoms in total. The molecular weight excluding hydrogens is 406 g/mol. The Kier molecular flexibility index (Phi) is 6.92. The maximum Gasteiger partial charge on any atom is 0.335 e. The molecule has 0 aliphatic carbocycles. The molecule has 1 atom stereocenters. The lowest BCUT2D eigenvalue weighted by Crippen LogP contribution is -2.28. The summed E-state index contributed by atoms with van der Waals surface area (Å²) >= 11 is 0. The third kappa shape index (κ3) is 4.86. The maximum absolute atomic E-state index is 11.9. The van der Waals surface area contributed by atoms with Gasteiger partial charge in [-0.1, -0.05) is 36.4 Å². The molecule has 0 radical (unpaired) electrons. The Labute approximate surface area is 188 Å². The first-order valence-electron chi connectivity index (χ1n) is 10.7. The van der Waals surface area contributed by atoms with Gasteiger partial charge >= 0.3 is 5.97 Å². The highest BCUT2D eigenvalue weighted by atomic mass is 16.6. The summed E-state index contributed by atoms with van der Waals surface area (Å²) in [5.74, 6) is 2.09. The van der Waals surface area contributed by atoms with Gasteiger partial charge in [-0.25, -0.2) is 4.79 Å². The van der Waals surface area contributed by atoms with E-state index < -0.39 is 6.10 Å². The molecular formula is C26H27NO5. The predicted molar refractivity (Wildman–Crippen MR) is 123 cm³/mol. The second-order valence-electron chi connectivity index (χ2n) is 7.35. The first-order chi connectivity index (χ1) is 15.7. The van der Waals surface area contributed by atoms with Gasteiger partial charge in [0, 0.05) is 13.0 Å². The average molecular weight is 434 g/mol. The van der Waals surface area contributed by atoms with Gasteiger partial charge in [-0.05, 0) is 48.9 Å². The molecule has 1 aliphatic rings. The summed E-state index contributed by atoms with van der Waals surface area (Å²) in [6.45, 7) is 3.49. The highest BCUT2D eigenvalue weighted by Crippen LogP contribution is 2.45. The molecule has 3 aromatic rings. The van der Waals surface area contributed by atoms with Gasteiger partial charge in [-0.2, -0.15) is 0 Å². The van der Waals surface area contributed by atoms with Crippen molar-refractivity contribution in [3.8, 4) is 17.2 Å². The minimum Gasteiger partial charge on any atom is -0.492 e. The van der Waals surface area contributed by atoms with Crippen molar-refractivity contribution in [2.75, 3.05) is 31.8 Å². The van der Waals surface area contributed by atoms with Crippen molar-refractivity contribution < 1.29 is 23.7 Å². The molecule has 0 saturated heterocycles. The normalized spacial score (nSPS) is 12.9. The minimum atomic E-state index is -0.599. The Bertz CT molecular complexity index is 1000. The van der Waals surface area contributed by atoms with Crippen LogP contribution in [0.25, 0.3) is 0 Å². The molecule has 1 aliphatic heterocycles. The van der Waals surface area contributed by atoms with Crippen molar-refractivity contribution >= 4 is 17.3 Å². The number of hydrogen-bond acceptors (Lipinski definition) is 6. The Hall–Kier alpha value is -3.51. The number of rotatable bonds is 9. The Morgan fingerprint density at radius 2 is 1.56 bits per heavy atom. The number of methoxy groups -OCH3 is 1. The number of para-hydroxylation sites is 4. The molecule has 32 heavy (non-hydrogen) atoms. The maximum atomic E-state index is 11.9. The molecule has 0 amide bonds. The van der Waals surface area contributed by atoms with Gasteiger partial charge in [-0.15, -0.1) is 0 Å².